The number of benzene rings is 1. The second-order valence-corrected chi connectivity index (χ2v) is 9.06. The number of amides is 2. The van der Waals surface area contributed by atoms with Gasteiger partial charge in [0.25, 0.3) is 0 Å². The van der Waals surface area contributed by atoms with E-state index in [0.717, 1.165) is 4.31 Å². The second-order valence-electron chi connectivity index (χ2n) is 6.01. The van der Waals surface area contributed by atoms with Crippen LogP contribution in [-0.4, -0.2) is 50.2 Å². The fourth-order valence-electron chi connectivity index (χ4n) is 2.63. The van der Waals surface area contributed by atoms with Gasteiger partial charge < -0.3 is 10.2 Å². The molecule has 10 heteroatoms. The average Bonchev–Trinajstić information content (AvgIpc) is 3.24. The Hall–Kier alpha value is -2.30. The van der Waals surface area contributed by atoms with E-state index in [-0.39, 0.29) is 29.7 Å². The lowest BCUT2D eigenvalue weighted by atomic mass is 10.1. The maximum Gasteiger partial charge on any atom is 0.242 e. The van der Waals surface area contributed by atoms with E-state index in [9.17, 15) is 18.0 Å². The third kappa shape index (κ3) is 3.62. The van der Waals surface area contributed by atoms with Crippen molar-refractivity contribution in [3.8, 4) is 0 Å². The van der Waals surface area contributed by atoms with Gasteiger partial charge in [-0.25, -0.2) is 17.7 Å². The van der Waals surface area contributed by atoms with Crippen LogP contribution < -0.4 is 10.2 Å². The van der Waals surface area contributed by atoms with Gasteiger partial charge in [0.05, 0.1) is 10.8 Å². The first-order chi connectivity index (χ1) is 12.3. The third-order valence-corrected chi connectivity index (χ3v) is 6.60. The van der Waals surface area contributed by atoms with Crippen molar-refractivity contribution in [3.05, 3.63) is 35.8 Å². The van der Waals surface area contributed by atoms with Crippen LogP contribution in [-0.2, 0) is 19.6 Å². The summed E-state index contributed by atoms with van der Waals surface area (Å²) in [5, 5.41) is 4.96. The topological polar surface area (TPSA) is 99.7 Å². The number of hydrogen-bond donors (Lipinski definition) is 1. The first-order valence-electron chi connectivity index (χ1n) is 7.82. The molecule has 1 saturated heterocycles. The highest BCUT2D eigenvalue weighted by Gasteiger charge is 2.35. The maximum absolute atomic E-state index is 12.3. The normalized spacial score (nSPS) is 17.7. The fraction of sp³-hybridized carbons (Fsp3) is 0.312. The molecule has 0 spiro atoms. The van der Waals surface area contributed by atoms with Crippen molar-refractivity contribution in [2.24, 2.45) is 5.92 Å². The molecule has 1 aromatic carbocycles. The van der Waals surface area contributed by atoms with Gasteiger partial charge in [-0.15, -0.1) is 11.3 Å². The van der Waals surface area contributed by atoms with Crippen LogP contribution >= 0.6 is 11.3 Å². The Bertz CT molecular complexity index is 908. The summed E-state index contributed by atoms with van der Waals surface area (Å²) in [6.45, 7) is 0.246. The van der Waals surface area contributed by atoms with Gasteiger partial charge in [-0.1, -0.05) is 0 Å². The molecule has 2 aromatic rings. The zero-order valence-electron chi connectivity index (χ0n) is 14.2. The highest BCUT2D eigenvalue weighted by atomic mass is 32.2. The molecule has 1 fully saturated rings. The highest BCUT2D eigenvalue weighted by molar-refractivity contribution is 7.89. The third-order valence-electron chi connectivity index (χ3n) is 4.09. The Morgan fingerprint density at radius 2 is 2.00 bits per heavy atom. The van der Waals surface area contributed by atoms with Crippen molar-refractivity contribution < 1.29 is 18.0 Å². The van der Waals surface area contributed by atoms with Crippen molar-refractivity contribution in [1.82, 2.24) is 9.29 Å². The van der Waals surface area contributed by atoms with Crippen LogP contribution in [0.4, 0.5) is 10.8 Å². The van der Waals surface area contributed by atoms with Crippen molar-refractivity contribution >= 4 is 44.0 Å². The Balaban J connectivity index is 1.72. The van der Waals surface area contributed by atoms with E-state index in [1.165, 1.54) is 42.5 Å². The molecule has 1 N–H and O–H groups in total. The molecule has 1 aliphatic heterocycles. The van der Waals surface area contributed by atoms with E-state index in [1.807, 2.05) is 0 Å². The number of nitrogens with one attached hydrogen (secondary N) is 1. The van der Waals surface area contributed by atoms with E-state index < -0.39 is 15.9 Å². The molecule has 2 heterocycles. The van der Waals surface area contributed by atoms with Gasteiger partial charge >= 0.3 is 0 Å². The van der Waals surface area contributed by atoms with Gasteiger partial charge in [-0.3, -0.25) is 9.59 Å². The van der Waals surface area contributed by atoms with Crippen LogP contribution in [0.2, 0.25) is 0 Å². The summed E-state index contributed by atoms with van der Waals surface area (Å²) in [7, 11) is -0.610. The van der Waals surface area contributed by atoms with Crippen LogP contribution in [0.5, 0.6) is 0 Å². The lowest BCUT2D eigenvalue weighted by molar-refractivity contribution is -0.122. The molecule has 1 atom stereocenters. The van der Waals surface area contributed by atoms with Crippen LogP contribution in [0.25, 0.3) is 0 Å². The molecule has 0 radical (unpaired) electrons. The number of hydrogen-bond acceptors (Lipinski definition) is 6. The molecule has 2 amide bonds. The lowest BCUT2D eigenvalue weighted by Gasteiger charge is -2.18. The Morgan fingerprint density at radius 3 is 2.58 bits per heavy atom. The number of carbonyl (C=O) groups is 2. The molecule has 8 nitrogen and oxygen atoms in total. The van der Waals surface area contributed by atoms with E-state index >= 15 is 0 Å². The van der Waals surface area contributed by atoms with Gasteiger partial charge in [-0.2, -0.15) is 0 Å². The zero-order chi connectivity index (χ0) is 18.9. The van der Waals surface area contributed by atoms with E-state index in [1.54, 1.807) is 23.7 Å². The number of carbonyl (C=O) groups excluding carboxylic acids is 2. The molecule has 26 heavy (non-hydrogen) atoms. The Labute approximate surface area is 155 Å². The molecule has 3 rings (SSSR count). The SMILES string of the molecule is CN(C)S(=O)(=O)c1ccc(N2C[C@@H](C(=O)Nc3nccs3)CC2=O)cc1. The molecule has 0 saturated carbocycles. The second kappa shape index (κ2) is 7.14. The summed E-state index contributed by atoms with van der Waals surface area (Å²) in [6, 6.07) is 6.08. The number of aromatic nitrogens is 1. The van der Waals surface area contributed by atoms with Gasteiger partial charge in [0.15, 0.2) is 5.13 Å². The standard InChI is InChI=1S/C16H18N4O4S2/c1-19(2)26(23,24)13-5-3-12(4-6-13)20-10-11(9-14(20)21)15(22)18-16-17-7-8-25-16/h3-8,11H,9-10H2,1-2H3,(H,17,18,22)/t11-/m0/s1. The van der Waals surface area contributed by atoms with E-state index in [2.05, 4.69) is 10.3 Å². The summed E-state index contributed by atoms with van der Waals surface area (Å²) < 4.78 is 25.3. The minimum absolute atomic E-state index is 0.106. The van der Waals surface area contributed by atoms with Crippen molar-refractivity contribution in [2.75, 3.05) is 30.9 Å². The first kappa shape index (κ1) is 18.5. The molecule has 0 aliphatic carbocycles. The number of sulfonamides is 1. The number of anilines is 2. The zero-order valence-corrected chi connectivity index (χ0v) is 15.9. The van der Waals surface area contributed by atoms with Crippen molar-refractivity contribution in [2.45, 2.75) is 11.3 Å². The average molecular weight is 394 g/mol. The Morgan fingerprint density at radius 1 is 1.31 bits per heavy atom. The van der Waals surface area contributed by atoms with Gasteiger partial charge in [0.2, 0.25) is 21.8 Å². The van der Waals surface area contributed by atoms with Crippen LogP contribution in [0.15, 0.2) is 40.7 Å². The van der Waals surface area contributed by atoms with Gasteiger partial charge in [0, 0.05) is 44.3 Å². The van der Waals surface area contributed by atoms with Crippen LogP contribution in [0, 0.1) is 5.92 Å². The minimum atomic E-state index is -3.52. The summed E-state index contributed by atoms with van der Waals surface area (Å²) in [5.41, 5.74) is 0.567. The highest BCUT2D eigenvalue weighted by Crippen LogP contribution is 2.27. The number of rotatable bonds is 5. The van der Waals surface area contributed by atoms with Crippen LogP contribution in [0.3, 0.4) is 0 Å². The maximum atomic E-state index is 12.3. The summed E-state index contributed by atoms with van der Waals surface area (Å²) in [5.74, 6) is -0.897. The lowest BCUT2D eigenvalue weighted by Crippen LogP contribution is -2.28. The molecular formula is C16H18N4O4S2. The Kier molecular flexibility index (Phi) is 5.08. The molecular weight excluding hydrogens is 376 g/mol. The minimum Gasteiger partial charge on any atom is -0.312 e. The fourth-order valence-corrected chi connectivity index (χ4v) is 4.07. The van der Waals surface area contributed by atoms with Crippen LogP contribution in [0.1, 0.15) is 6.42 Å². The molecule has 0 unspecified atom stereocenters. The van der Waals surface area contributed by atoms with Crippen molar-refractivity contribution in [3.63, 3.8) is 0 Å². The summed E-state index contributed by atoms with van der Waals surface area (Å²) in [6.07, 6.45) is 1.70. The number of thiazole rings is 1. The molecule has 0 bridgehead atoms. The summed E-state index contributed by atoms with van der Waals surface area (Å²) in [4.78, 5) is 30.2. The van der Waals surface area contributed by atoms with E-state index in [4.69, 9.17) is 0 Å². The van der Waals surface area contributed by atoms with Crippen molar-refractivity contribution in [1.29, 1.82) is 0 Å². The van der Waals surface area contributed by atoms with Gasteiger partial charge in [-0.05, 0) is 24.3 Å². The number of nitrogens with zero attached hydrogens (tertiary/aromatic N) is 3. The monoisotopic (exact) mass is 394 g/mol. The predicted molar refractivity (Wildman–Crippen MR) is 98.5 cm³/mol. The molecule has 138 valence electrons. The molecule has 1 aromatic heterocycles. The quantitative estimate of drug-likeness (QED) is 0.826. The smallest absolute Gasteiger partial charge is 0.242 e. The predicted octanol–water partition coefficient (Wildman–Crippen LogP) is 1.38. The summed E-state index contributed by atoms with van der Waals surface area (Å²) >= 11 is 1.31. The van der Waals surface area contributed by atoms with Gasteiger partial charge in [0.1, 0.15) is 0 Å². The molecule has 1 aliphatic rings. The first-order valence-corrected chi connectivity index (χ1v) is 10.1. The largest absolute Gasteiger partial charge is 0.312 e. The van der Waals surface area contributed by atoms with E-state index in [0.29, 0.717) is 10.8 Å².